The van der Waals surface area contributed by atoms with Gasteiger partial charge in [0.15, 0.2) is 0 Å². The van der Waals surface area contributed by atoms with Crippen molar-refractivity contribution in [3.05, 3.63) is 0 Å². The Hall–Kier alpha value is -0.0800. The lowest BCUT2D eigenvalue weighted by molar-refractivity contribution is 0.172. The number of fused-ring (bicyclic) bond motifs is 1. The van der Waals surface area contributed by atoms with Gasteiger partial charge in [0.2, 0.25) is 0 Å². The number of hydrogen-bond acceptors (Lipinski definition) is 2. The minimum Gasteiger partial charge on any atom is -0.312 e. The van der Waals surface area contributed by atoms with Crippen molar-refractivity contribution in [2.75, 3.05) is 6.54 Å². The van der Waals surface area contributed by atoms with Crippen molar-refractivity contribution in [3.8, 4) is 0 Å². The minimum atomic E-state index is 0.750. The van der Waals surface area contributed by atoms with Gasteiger partial charge in [0.05, 0.1) is 0 Å². The molecule has 1 saturated heterocycles. The standard InChI is InChI=1S/C16H30N2/c1-12-6-8-14(10-12)17-11-15-9-7-13-4-2-3-5-16(13)18-15/h12-18H,2-11H2,1H3. The summed E-state index contributed by atoms with van der Waals surface area (Å²) in [7, 11) is 0. The van der Waals surface area contributed by atoms with Gasteiger partial charge in [-0.1, -0.05) is 19.8 Å². The maximum Gasteiger partial charge on any atom is 0.0195 e. The van der Waals surface area contributed by atoms with E-state index in [1.165, 1.54) is 64.3 Å². The van der Waals surface area contributed by atoms with E-state index in [0.717, 1.165) is 30.0 Å². The van der Waals surface area contributed by atoms with Crippen LogP contribution in [0.4, 0.5) is 0 Å². The van der Waals surface area contributed by atoms with Crippen LogP contribution < -0.4 is 10.6 Å². The predicted molar refractivity (Wildman–Crippen MR) is 76.7 cm³/mol. The molecule has 3 rings (SSSR count). The fraction of sp³-hybridized carbons (Fsp3) is 1.00. The number of hydrogen-bond donors (Lipinski definition) is 2. The van der Waals surface area contributed by atoms with Crippen LogP contribution in [-0.4, -0.2) is 24.7 Å². The summed E-state index contributed by atoms with van der Waals surface area (Å²) in [6.45, 7) is 3.60. The zero-order valence-corrected chi connectivity index (χ0v) is 12.0. The van der Waals surface area contributed by atoms with Gasteiger partial charge >= 0.3 is 0 Å². The SMILES string of the molecule is CC1CCC(NCC2CCC3CCCCC3N2)C1. The van der Waals surface area contributed by atoms with Crippen LogP contribution in [0.25, 0.3) is 0 Å². The first-order valence-corrected chi connectivity index (χ1v) is 8.30. The maximum absolute atomic E-state index is 3.93. The smallest absolute Gasteiger partial charge is 0.0195 e. The van der Waals surface area contributed by atoms with Crippen LogP contribution in [0.15, 0.2) is 0 Å². The van der Waals surface area contributed by atoms with Gasteiger partial charge in [-0.3, -0.25) is 0 Å². The molecule has 3 fully saturated rings. The van der Waals surface area contributed by atoms with E-state index < -0.39 is 0 Å². The molecule has 0 radical (unpaired) electrons. The Morgan fingerprint density at radius 3 is 2.72 bits per heavy atom. The molecule has 2 nitrogen and oxygen atoms in total. The molecule has 2 N–H and O–H groups in total. The Kier molecular flexibility index (Phi) is 4.25. The van der Waals surface area contributed by atoms with E-state index in [1.807, 2.05) is 0 Å². The summed E-state index contributed by atoms with van der Waals surface area (Å²) in [6, 6.07) is 2.41. The Morgan fingerprint density at radius 1 is 1.00 bits per heavy atom. The molecule has 104 valence electrons. The molecule has 2 saturated carbocycles. The molecule has 0 amide bonds. The van der Waals surface area contributed by atoms with Crippen LogP contribution in [-0.2, 0) is 0 Å². The first-order valence-electron chi connectivity index (χ1n) is 8.30. The first kappa shape index (κ1) is 12.9. The van der Waals surface area contributed by atoms with Gasteiger partial charge in [-0.05, 0) is 56.8 Å². The molecule has 1 heterocycles. The van der Waals surface area contributed by atoms with Crippen molar-refractivity contribution in [2.24, 2.45) is 11.8 Å². The van der Waals surface area contributed by atoms with E-state index in [-0.39, 0.29) is 0 Å². The normalized spacial score (nSPS) is 44.8. The van der Waals surface area contributed by atoms with E-state index in [9.17, 15) is 0 Å². The summed E-state index contributed by atoms with van der Waals surface area (Å²) in [5.41, 5.74) is 0. The monoisotopic (exact) mass is 250 g/mol. The zero-order chi connectivity index (χ0) is 12.4. The lowest BCUT2D eigenvalue weighted by Crippen LogP contribution is -2.53. The molecule has 18 heavy (non-hydrogen) atoms. The van der Waals surface area contributed by atoms with Crippen molar-refractivity contribution in [2.45, 2.75) is 82.8 Å². The van der Waals surface area contributed by atoms with E-state index in [1.54, 1.807) is 0 Å². The molecule has 5 atom stereocenters. The van der Waals surface area contributed by atoms with E-state index >= 15 is 0 Å². The number of nitrogens with one attached hydrogen (secondary N) is 2. The molecular weight excluding hydrogens is 220 g/mol. The minimum absolute atomic E-state index is 0.750. The van der Waals surface area contributed by atoms with Crippen molar-refractivity contribution in [1.29, 1.82) is 0 Å². The van der Waals surface area contributed by atoms with Crippen LogP contribution in [0, 0.1) is 11.8 Å². The highest BCUT2D eigenvalue weighted by Gasteiger charge is 2.31. The molecule has 5 unspecified atom stereocenters. The fourth-order valence-corrected chi connectivity index (χ4v) is 4.44. The van der Waals surface area contributed by atoms with E-state index in [4.69, 9.17) is 0 Å². The van der Waals surface area contributed by atoms with Crippen LogP contribution in [0.3, 0.4) is 0 Å². The maximum atomic E-state index is 3.93. The van der Waals surface area contributed by atoms with Gasteiger partial charge in [0, 0.05) is 24.7 Å². The van der Waals surface area contributed by atoms with Crippen LogP contribution in [0.1, 0.15) is 64.7 Å². The zero-order valence-electron chi connectivity index (χ0n) is 12.0. The molecule has 0 bridgehead atoms. The lowest BCUT2D eigenvalue weighted by atomic mass is 9.78. The summed E-state index contributed by atoms with van der Waals surface area (Å²) in [4.78, 5) is 0. The Bertz CT molecular complexity index is 266. The average Bonchev–Trinajstić information content (AvgIpc) is 2.82. The highest BCUT2D eigenvalue weighted by molar-refractivity contribution is 4.91. The second kappa shape index (κ2) is 5.92. The third-order valence-corrected chi connectivity index (χ3v) is 5.59. The van der Waals surface area contributed by atoms with E-state index in [0.29, 0.717) is 0 Å². The van der Waals surface area contributed by atoms with Gasteiger partial charge in [-0.2, -0.15) is 0 Å². The van der Waals surface area contributed by atoms with Crippen LogP contribution >= 0.6 is 0 Å². The molecule has 0 aromatic rings. The second-order valence-electron chi connectivity index (χ2n) is 7.12. The Labute approximate surface area is 112 Å². The molecule has 0 aromatic heterocycles. The third kappa shape index (κ3) is 3.08. The topological polar surface area (TPSA) is 24.1 Å². The van der Waals surface area contributed by atoms with Crippen LogP contribution in [0.2, 0.25) is 0 Å². The number of rotatable bonds is 3. The summed E-state index contributed by atoms with van der Waals surface area (Å²) in [6.07, 6.45) is 13.0. The summed E-state index contributed by atoms with van der Waals surface area (Å²) in [5, 5.41) is 7.74. The van der Waals surface area contributed by atoms with Crippen LogP contribution in [0.5, 0.6) is 0 Å². The molecular formula is C16H30N2. The van der Waals surface area contributed by atoms with Gasteiger partial charge < -0.3 is 10.6 Å². The second-order valence-corrected chi connectivity index (χ2v) is 7.12. The van der Waals surface area contributed by atoms with Crippen molar-refractivity contribution < 1.29 is 0 Å². The first-order chi connectivity index (χ1) is 8.81. The Morgan fingerprint density at radius 2 is 1.89 bits per heavy atom. The quantitative estimate of drug-likeness (QED) is 0.804. The van der Waals surface area contributed by atoms with Gasteiger partial charge in [-0.25, -0.2) is 0 Å². The van der Waals surface area contributed by atoms with Crippen molar-refractivity contribution >= 4 is 0 Å². The van der Waals surface area contributed by atoms with Crippen molar-refractivity contribution in [1.82, 2.24) is 10.6 Å². The fourth-order valence-electron chi connectivity index (χ4n) is 4.44. The summed E-state index contributed by atoms with van der Waals surface area (Å²) < 4.78 is 0. The largest absolute Gasteiger partial charge is 0.312 e. The summed E-state index contributed by atoms with van der Waals surface area (Å²) in [5.74, 6) is 1.95. The van der Waals surface area contributed by atoms with Gasteiger partial charge in [0.1, 0.15) is 0 Å². The summed E-state index contributed by atoms with van der Waals surface area (Å²) >= 11 is 0. The van der Waals surface area contributed by atoms with E-state index in [2.05, 4.69) is 17.6 Å². The highest BCUT2D eigenvalue weighted by atomic mass is 15.0. The molecule has 1 aliphatic heterocycles. The average molecular weight is 250 g/mol. The number of piperidine rings is 1. The molecule has 2 heteroatoms. The van der Waals surface area contributed by atoms with Crippen molar-refractivity contribution in [3.63, 3.8) is 0 Å². The molecule has 3 aliphatic rings. The predicted octanol–water partition coefficient (Wildman–Crippen LogP) is 3.08. The molecule has 2 aliphatic carbocycles. The Balaban J connectivity index is 1.41. The third-order valence-electron chi connectivity index (χ3n) is 5.59. The highest BCUT2D eigenvalue weighted by Crippen LogP contribution is 2.32. The molecule has 0 spiro atoms. The lowest BCUT2D eigenvalue weighted by Gasteiger charge is -2.41. The molecule has 0 aromatic carbocycles. The van der Waals surface area contributed by atoms with Gasteiger partial charge in [0.25, 0.3) is 0 Å². The van der Waals surface area contributed by atoms with Gasteiger partial charge in [-0.15, -0.1) is 0 Å².